The summed E-state index contributed by atoms with van der Waals surface area (Å²) in [5.74, 6) is -0.359. The summed E-state index contributed by atoms with van der Waals surface area (Å²) in [7, 11) is 5.72. The van der Waals surface area contributed by atoms with Gasteiger partial charge in [0.05, 0.1) is 21.3 Å². The first kappa shape index (κ1) is 13.8. The smallest absolute Gasteiger partial charge is 0.292 e. The van der Waals surface area contributed by atoms with Crippen molar-refractivity contribution in [3.8, 4) is 17.2 Å². The monoisotopic (exact) mass is 253 g/mol. The van der Waals surface area contributed by atoms with E-state index < -0.39 is 11.7 Å². The number of carbonyl (C=O) groups excluding carboxylic acids is 2. The van der Waals surface area contributed by atoms with Crippen molar-refractivity contribution in [2.75, 3.05) is 28.4 Å². The van der Waals surface area contributed by atoms with Crippen molar-refractivity contribution in [2.45, 2.75) is 0 Å². The molecule has 6 nitrogen and oxygen atoms in total. The minimum atomic E-state index is -0.704. The topological polar surface area (TPSA) is 73.9 Å². The van der Waals surface area contributed by atoms with Gasteiger partial charge in [-0.1, -0.05) is 0 Å². The van der Waals surface area contributed by atoms with Crippen LogP contribution in [0.2, 0.25) is 0 Å². The van der Waals surface area contributed by atoms with Crippen molar-refractivity contribution in [2.24, 2.45) is 0 Å². The van der Waals surface area contributed by atoms with Crippen molar-refractivity contribution in [3.05, 3.63) is 17.7 Å². The predicted octanol–water partition coefficient (Wildman–Crippen LogP) is 0.641. The molecular formula is C12H15NO5. The summed E-state index contributed by atoms with van der Waals surface area (Å²) in [5.41, 5.74) is 0.170. The molecule has 98 valence electrons. The fraction of sp³-hybridized carbons (Fsp3) is 0.333. The molecule has 1 aromatic carbocycles. The largest absolute Gasteiger partial charge is 0.493 e. The van der Waals surface area contributed by atoms with Crippen LogP contribution in [0.25, 0.3) is 0 Å². The molecular weight excluding hydrogens is 238 g/mol. The molecule has 0 atom stereocenters. The molecule has 1 rings (SSSR count). The molecule has 0 saturated heterocycles. The number of benzene rings is 1. The number of amides is 1. The van der Waals surface area contributed by atoms with Crippen LogP contribution < -0.4 is 19.5 Å². The lowest BCUT2D eigenvalue weighted by molar-refractivity contribution is -0.116. The van der Waals surface area contributed by atoms with Crippen molar-refractivity contribution >= 4 is 11.7 Å². The van der Waals surface area contributed by atoms with Crippen LogP contribution >= 0.6 is 0 Å². The fourth-order valence-electron chi connectivity index (χ4n) is 1.46. The lowest BCUT2D eigenvalue weighted by Crippen LogP contribution is -2.27. The first-order valence-electron chi connectivity index (χ1n) is 5.15. The Labute approximate surface area is 105 Å². The van der Waals surface area contributed by atoms with Crippen molar-refractivity contribution in [3.63, 3.8) is 0 Å². The Kier molecular flexibility index (Phi) is 4.53. The number of carbonyl (C=O) groups is 2. The van der Waals surface area contributed by atoms with Gasteiger partial charge in [0.2, 0.25) is 11.5 Å². The standard InChI is InChI=1S/C12H15NO5/c1-13-12(15)10(14)7-5-8(16-2)11(18-4)9(6-7)17-3/h5-6H,1-4H3,(H,13,15). The van der Waals surface area contributed by atoms with E-state index in [4.69, 9.17) is 14.2 Å². The summed E-state index contributed by atoms with van der Waals surface area (Å²) in [6.07, 6.45) is 0. The van der Waals surface area contributed by atoms with E-state index in [1.165, 1.54) is 40.5 Å². The van der Waals surface area contributed by atoms with Gasteiger partial charge in [-0.3, -0.25) is 9.59 Å². The quantitative estimate of drug-likeness (QED) is 0.615. The highest BCUT2D eigenvalue weighted by Crippen LogP contribution is 2.38. The molecule has 0 aliphatic heterocycles. The number of Topliss-reactive ketones (excluding diaryl/α,β-unsaturated/α-hetero) is 1. The number of hydrogen-bond donors (Lipinski definition) is 1. The van der Waals surface area contributed by atoms with Gasteiger partial charge in [-0.25, -0.2) is 0 Å². The van der Waals surface area contributed by atoms with Crippen LogP contribution in [0.4, 0.5) is 0 Å². The second kappa shape index (κ2) is 5.90. The predicted molar refractivity (Wildman–Crippen MR) is 64.5 cm³/mol. The highest BCUT2D eigenvalue weighted by molar-refractivity contribution is 6.42. The number of ether oxygens (including phenoxy) is 3. The molecule has 6 heteroatoms. The first-order chi connectivity index (χ1) is 8.58. The second-order valence-corrected chi connectivity index (χ2v) is 3.32. The second-order valence-electron chi connectivity index (χ2n) is 3.32. The summed E-state index contributed by atoms with van der Waals surface area (Å²) in [6, 6.07) is 2.86. The molecule has 0 fully saturated rings. The van der Waals surface area contributed by atoms with Gasteiger partial charge in [0.15, 0.2) is 11.5 Å². The molecule has 0 radical (unpaired) electrons. The Morgan fingerprint density at radius 1 is 1.00 bits per heavy atom. The Morgan fingerprint density at radius 3 is 1.83 bits per heavy atom. The highest BCUT2D eigenvalue weighted by Gasteiger charge is 2.20. The molecule has 0 saturated carbocycles. The van der Waals surface area contributed by atoms with Crippen LogP contribution in [-0.2, 0) is 4.79 Å². The molecule has 0 spiro atoms. The third kappa shape index (κ3) is 2.53. The van der Waals surface area contributed by atoms with Crippen molar-refractivity contribution < 1.29 is 23.8 Å². The van der Waals surface area contributed by atoms with E-state index in [1.54, 1.807) is 0 Å². The van der Waals surface area contributed by atoms with E-state index in [-0.39, 0.29) is 5.56 Å². The number of hydrogen-bond acceptors (Lipinski definition) is 5. The molecule has 1 amide bonds. The summed E-state index contributed by atoms with van der Waals surface area (Å²) < 4.78 is 15.3. The van der Waals surface area contributed by atoms with E-state index in [0.29, 0.717) is 17.2 Å². The Bertz CT molecular complexity index is 445. The molecule has 0 aromatic heterocycles. The van der Waals surface area contributed by atoms with Crippen molar-refractivity contribution in [1.82, 2.24) is 5.32 Å². The maximum Gasteiger partial charge on any atom is 0.292 e. The Balaban J connectivity index is 3.31. The third-order valence-electron chi connectivity index (χ3n) is 2.36. The van der Waals surface area contributed by atoms with Gasteiger partial charge in [-0.15, -0.1) is 0 Å². The lowest BCUT2D eigenvalue weighted by Gasteiger charge is -2.13. The van der Waals surface area contributed by atoms with Crippen LogP contribution in [0.1, 0.15) is 10.4 Å². The zero-order valence-electron chi connectivity index (χ0n) is 10.7. The van der Waals surface area contributed by atoms with Crippen LogP contribution in [0.3, 0.4) is 0 Å². The molecule has 18 heavy (non-hydrogen) atoms. The summed E-state index contributed by atoms with van der Waals surface area (Å²) >= 11 is 0. The van der Waals surface area contributed by atoms with Gasteiger partial charge >= 0.3 is 0 Å². The SMILES string of the molecule is CNC(=O)C(=O)c1cc(OC)c(OC)c(OC)c1. The van der Waals surface area contributed by atoms with Gasteiger partial charge < -0.3 is 19.5 Å². The number of likely N-dealkylation sites (N-methyl/N-ethyl adjacent to an activating group) is 1. The Hall–Kier alpha value is -2.24. The molecule has 0 bridgehead atoms. The van der Waals surface area contributed by atoms with E-state index in [1.807, 2.05) is 0 Å². The number of nitrogens with one attached hydrogen (secondary N) is 1. The highest BCUT2D eigenvalue weighted by atomic mass is 16.5. The number of methoxy groups -OCH3 is 3. The first-order valence-corrected chi connectivity index (χ1v) is 5.15. The fourth-order valence-corrected chi connectivity index (χ4v) is 1.46. The van der Waals surface area contributed by atoms with Crippen LogP contribution in [0, 0.1) is 0 Å². The molecule has 0 unspecified atom stereocenters. The van der Waals surface area contributed by atoms with Crippen molar-refractivity contribution in [1.29, 1.82) is 0 Å². The van der Waals surface area contributed by atoms with E-state index in [2.05, 4.69) is 5.32 Å². The molecule has 0 heterocycles. The minimum Gasteiger partial charge on any atom is -0.493 e. The molecule has 0 aliphatic carbocycles. The Morgan fingerprint density at radius 2 is 1.50 bits per heavy atom. The number of ketones is 1. The maximum absolute atomic E-state index is 11.7. The third-order valence-corrected chi connectivity index (χ3v) is 2.36. The summed E-state index contributed by atoms with van der Waals surface area (Å²) in [6.45, 7) is 0. The van der Waals surface area contributed by atoms with E-state index >= 15 is 0 Å². The van der Waals surface area contributed by atoms with Gasteiger partial charge in [0, 0.05) is 12.6 Å². The maximum atomic E-state index is 11.7. The van der Waals surface area contributed by atoms with Gasteiger partial charge in [0.25, 0.3) is 5.91 Å². The number of rotatable bonds is 5. The summed E-state index contributed by atoms with van der Waals surface area (Å²) in [5, 5.41) is 2.27. The zero-order chi connectivity index (χ0) is 13.7. The normalized spacial score (nSPS) is 9.56. The minimum absolute atomic E-state index is 0.170. The molecule has 1 N–H and O–H groups in total. The van der Waals surface area contributed by atoms with Gasteiger partial charge in [0.1, 0.15) is 0 Å². The van der Waals surface area contributed by atoms with Crippen LogP contribution in [0.5, 0.6) is 17.2 Å². The van der Waals surface area contributed by atoms with Crippen LogP contribution in [0.15, 0.2) is 12.1 Å². The lowest BCUT2D eigenvalue weighted by atomic mass is 10.1. The van der Waals surface area contributed by atoms with Gasteiger partial charge in [-0.05, 0) is 12.1 Å². The van der Waals surface area contributed by atoms with Gasteiger partial charge in [-0.2, -0.15) is 0 Å². The average Bonchev–Trinajstić information content (AvgIpc) is 2.43. The van der Waals surface area contributed by atoms with E-state index in [0.717, 1.165) is 0 Å². The average molecular weight is 253 g/mol. The zero-order valence-corrected chi connectivity index (χ0v) is 10.7. The van der Waals surface area contributed by atoms with Crippen LogP contribution in [-0.4, -0.2) is 40.1 Å². The molecule has 0 aliphatic rings. The molecule has 1 aromatic rings. The van der Waals surface area contributed by atoms with E-state index in [9.17, 15) is 9.59 Å². The summed E-state index contributed by atoms with van der Waals surface area (Å²) in [4.78, 5) is 23.0.